The summed E-state index contributed by atoms with van der Waals surface area (Å²) in [4.78, 5) is 59.3. The van der Waals surface area contributed by atoms with Gasteiger partial charge < -0.3 is 41.2 Å². The van der Waals surface area contributed by atoms with Crippen LogP contribution in [0.3, 0.4) is 0 Å². The topological polar surface area (TPSA) is 215 Å². The quantitative estimate of drug-likeness (QED) is 0.0675. The van der Waals surface area contributed by atoms with Crippen molar-refractivity contribution in [2.45, 2.75) is 167 Å². The number of carbonyl (C=O) groups is 5. The van der Waals surface area contributed by atoms with E-state index in [2.05, 4.69) is 10.6 Å². The minimum atomic E-state index is -1.15. The molecule has 3 fully saturated rings. The molecule has 0 radical (unpaired) electrons. The molecular formula is C46H69N3O10. The third-order valence-electron chi connectivity index (χ3n) is 10.6. The van der Waals surface area contributed by atoms with E-state index < -0.39 is 42.6 Å². The smallest absolute Gasteiger partial charge is 0.407 e. The third-order valence-corrected chi connectivity index (χ3v) is 10.6. The van der Waals surface area contributed by atoms with Crippen LogP contribution >= 0.6 is 0 Å². The van der Waals surface area contributed by atoms with Gasteiger partial charge in [-0.2, -0.15) is 0 Å². The molecule has 328 valence electrons. The predicted molar refractivity (Wildman–Crippen MR) is 225 cm³/mol. The first-order chi connectivity index (χ1) is 28.3. The van der Waals surface area contributed by atoms with Gasteiger partial charge in [-0.05, 0) is 86.7 Å². The van der Waals surface area contributed by atoms with Gasteiger partial charge in [0.25, 0.3) is 0 Å². The molecule has 0 aromatic heterocycles. The normalized spacial score (nSPS) is 17.5. The first kappa shape index (κ1) is 49.2. The Hall–Kier alpha value is -4.17. The molecule has 2 aromatic carbocycles. The lowest BCUT2D eigenvalue weighted by atomic mass is 9.99. The van der Waals surface area contributed by atoms with Crippen LogP contribution in [0.4, 0.5) is 9.59 Å². The van der Waals surface area contributed by atoms with Crippen molar-refractivity contribution >= 4 is 29.5 Å². The van der Waals surface area contributed by atoms with Crippen LogP contribution in [0.5, 0.6) is 0 Å². The van der Waals surface area contributed by atoms with Crippen LogP contribution in [-0.4, -0.2) is 81.3 Å². The second-order valence-electron chi connectivity index (χ2n) is 16.3. The highest BCUT2D eigenvalue weighted by molar-refractivity contribution is 5.85. The van der Waals surface area contributed by atoms with Gasteiger partial charge in [0.15, 0.2) is 17.3 Å². The molecule has 59 heavy (non-hydrogen) atoms. The van der Waals surface area contributed by atoms with Gasteiger partial charge in [-0.1, -0.05) is 101 Å². The molecule has 3 aliphatic carbocycles. The summed E-state index contributed by atoms with van der Waals surface area (Å²) in [5, 5.41) is 35.2. The van der Waals surface area contributed by atoms with Crippen LogP contribution in [0.15, 0.2) is 60.7 Å². The second kappa shape index (κ2) is 26.8. The highest BCUT2D eigenvalue weighted by Gasteiger charge is 2.34. The summed E-state index contributed by atoms with van der Waals surface area (Å²) in [6.45, 7) is 6.22. The van der Waals surface area contributed by atoms with Crippen molar-refractivity contribution in [3.05, 3.63) is 71.8 Å². The van der Waals surface area contributed by atoms with Gasteiger partial charge in [-0.15, -0.1) is 0 Å². The molecule has 3 aliphatic rings. The lowest BCUT2D eigenvalue weighted by molar-refractivity contribution is -0.129. The van der Waals surface area contributed by atoms with E-state index >= 15 is 0 Å². The number of hydrogen-bond donors (Lipinski definition) is 6. The SMILES string of the molecule is CCC[C@H](N)[C@@H](O)C(=O)CC1CC1.CCC[C@H](NC(=O)OCc1ccccc1)C(O)C(=O)CC1CC1.CCC[C@H](NC(=O)OCc1ccccc1)[C@@H](O)C(=O)CC1CC1. The van der Waals surface area contributed by atoms with Crippen LogP contribution in [0, 0.1) is 17.8 Å². The van der Waals surface area contributed by atoms with Gasteiger partial charge in [0.05, 0.1) is 12.1 Å². The van der Waals surface area contributed by atoms with Crippen molar-refractivity contribution in [1.29, 1.82) is 0 Å². The number of ketones is 3. The Morgan fingerprint density at radius 2 is 0.881 bits per heavy atom. The maximum Gasteiger partial charge on any atom is 0.407 e. The zero-order valence-electron chi connectivity index (χ0n) is 35.3. The van der Waals surface area contributed by atoms with Crippen molar-refractivity contribution in [2.75, 3.05) is 0 Å². The van der Waals surface area contributed by atoms with E-state index in [9.17, 15) is 39.3 Å². The number of alkyl carbamates (subject to hydrolysis) is 2. The van der Waals surface area contributed by atoms with E-state index in [0.717, 1.165) is 75.3 Å². The minimum Gasteiger partial charge on any atom is -0.445 e. The van der Waals surface area contributed by atoms with E-state index in [-0.39, 0.29) is 36.6 Å². The van der Waals surface area contributed by atoms with Crippen LogP contribution in [0.25, 0.3) is 0 Å². The molecule has 0 spiro atoms. The van der Waals surface area contributed by atoms with Crippen LogP contribution in [-0.2, 0) is 37.1 Å². The zero-order valence-corrected chi connectivity index (χ0v) is 35.3. The number of nitrogens with one attached hydrogen (secondary N) is 2. The van der Waals surface area contributed by atoms with Gasteiger partial charge in [-0.25, -0.2) is 9.59 Å². The van der Waals surface area contributed by atoms with Crippen LogP contribution in [0.1, 0.15) is 128 Å². The van der Waals surface area contributed by atoms with Crippen molar-refractivity contribution in [1.82, 2.24) is 10.6 Å². The largest absolute Gasteiger partial charge is 0.445 e. The van der Waals surface area contributed by atoms with E-state index in [1.54, 1.807) is 0 Å². The maximum absolute atomic E-state index is 12.0. The molecule has 6 atom stereocenters. The number of hydrogen-bond acceptors (Lipinski definition) is 11. The summed E-state index contributed by atoms with van der Waals surface area (Å²) in [5.41, 5.74) is 7.43. The molecule has 13 heteroatoms. The van der Waals surface area contributed by atoms with E-state index in [1.165, 1.54) is 0 Å². The van der Waals surface area contributed by atoms with Gasteiger partial charge >= 0.3 is 12.2 Å². The Morgan fingerprint density at radius 3 is 1.19 bits per heavy atom. The van der Waals surface area contributed by atoms with Crippen molar-refractivity contribution < 1.29 is 48.8 Å². The van der Waals surface area contributed by atoms with E-state index in [1.807, 2.05) is 81.4 Å². The van der Waals surface area contributed by atoms with Crippen LogP contribution < -0.4 is 16.4 Å². The summed E-state index contributed by atoms with van der Waals surface area (Å²) in [5.74, 6) is 0.942. The van der Waals surface area contributed by atoms with Gasteiger partial charge in [0, 0.05) is 25.3 Å². The molecule has 7 N–H and O–H groups in total. The number of ether oxygens (including phenoxy) is 2. The minimum absolute atomic E-state index is 0.0662. The third kappa shape index (κ3) is 20.6. The molecule has 0 heterocycles. The van der Waals surface area contributed by atoms with E-state index in [4.69, 9.17) is 15.2 Å². The molecule has 0 bridgehead atoms. The first-order valence-electron chi connectivity index (χ1n) is 21.7. The van der Waals surface area contributed by atoms with Crippen molar-refractivity contribution in [3.8, 4) is 0 Å². The fourth-order valence-corrected chi connectivity index (χ4v) is 6.43. The summed E-state index contributed by atoms with van der Waals surface area (Å²) in [6.07, 6.45) is 7.64. The number of aliphatic hydroxyl groups is 3. The molecule has 2 aromatic rings. The number of Topliss-reactive ketones (excluding diaryl/α,β-unsaturated/α-hetero) is 3. The lowest BCUT2D eigenvalue weighted by Gasteiger charge is -2.22. The van der Waals surface area contributed by atoms with Gasteiger partial charge in [0.1, 0.15) is 31.5 Å². The average Bonchev–Trinajstić information content (AvgIpc) is 4.08. The standard InChI is InChI=1S/2C18H25NO4.C10H19NO2/c2*1-2-6-15(17(21)16(20)11-13-9-10-13)19-18(22)23-12-14-7-4-3-5-8-14;1-2-3-8(11)10(13)9(12)6-7-4-5-7/h2*3-5,7-8,13,15,17,21H,2,6,9-12H2,1H3,(H,19,22);7-8,10,13H,2-6,11H2,1H3/t15-,17?;15-,17+;8-,10+/m000/s1. The summed E-state index contributed by atoms with van der Waals surface area (Å²) in [7, 11) is 0. The molecule has 2 amide bonds. The summed E-state index contributed by atoms with van der Waals surface area (Å²) in [6, 6.07) is 17.2. The van der Waals surface area contributed by atoms with Crippen molar-refractivity contribution in [3.63, 3.8) is 0 Å². The fourth-order valence-electron chi connectivity index (χ4n) is 6.43. The predicted octanol–water partition coefficient (Wildman–Crippen LogP) is 6.47. The molecule has 3 saturated carbocycles. The highest BCUT2D eigenvalue weighted by Crippen LogP contribution is 2.34. The lowest BCUT2D eigenvalue weighted by Crippen LogP contribution is -2.47. The second-order valence-corrected chi connectivity index (χ2v) is 16.3. The molecule has 5 rings (SSSR count). The monoisotopic (exact) mass is 823 g/mol. The maximum atomic E-state index is 12.0. The van der Waals surface area contributed by atoms with E-state index in [0.29, 0.717) is 49.9 Å². The first-order valence-corrected chi connectivity index (χ1v) is 21.7. The summed E-state index contributed by atoms with van der Waals surface area (Å²) < 4.78 is 10.3. The molecule has 13 nitrogen and oxygen atoms in total. The number of nitrogens with two attached hydrogens (primary N) is 1. The summed E-state index contributed by atoms with van der Waals surface area (Å²) >= 11 is 0. The highest BCUT2D eigenvalue weighted by atomic mass is 16.6. The zero-order chi connectivity index (χ0) is 43.2. The van der Waals surface area contributed by atoms with Gasteiger partial charge in [0.2, 0.25) is 0 Å². The Balaban J connectivity index is 0.000000246. The number of amides is 2. The van der Waals surface area contributed by atoms with Crippen molar-refractivity contribution in [2.24, 2.45) is 23.5 Å². The van der Waals surface area contributed by atoms with Crippen LogP contribution in [0.2, 0.25) is 0 Å². The average molecular weight is 824 g/mol. The molecular weight excluding hydrogens is 755 g/mol. The number of benzene rings is 2. The Morgan fingerprint density at radius 1 is 0.559 bits per heavy atom. The molecule has 0 aliphatic heterocycles. The molecule has 1 unspecified atom stereocenters. The number of aliphatic hydroxyl groups excluding tert-OH is 3. The Bertz CT molecular complexity index is 1450. The Labute approximate surface area is 350 Å². The van der Waals surface area contributed by atoms with Gasteiger partial charge in [-0.3, -0.25) is 14.4 Å². The number of rotatable bonds is 24. The fraction of sp³-hybridized carbons (Fsp3) is 0.630. The number of carbonyl (C=O) groups excluding carboxylic acids is 5. The Kier molecular flexibility index (Phi) is 22.4. The molecule has 0 saturated heterocycles.